The first kappa shape index (κ1) is 24.7. The lowest BCUT2D eigenvalue weighted by molar-refractivity contribution is -0.152. The Hall–Kier alpha value is -3.43. The number of fused-ring (bicyclic) bond motifs is 2. The van der Waals surface area contributed by atoms with Crippen molar-refractivity contribution in [3.05, 3.63) is 29.3 Å². The van der Waals surface area contributed by atoms with Gasteiger partial charge in [-0.3, -0.25) is 24.0 Å². The molecule has 1 spiro atoms. The van der Waals surface area contributed by atoms with Gasteiger partial charge in [-0.1, -0.05) is 26.0 Å². The van der Waals surface area contributed by atoms with Gasteiger partial charge in [0.1, 0.15) is 12.1 Å². The quantitative estimate of drug-likeness (QED) is 0.530. The Morgan fingerprint density at radius 1 is 1.20 bits per heavy atom. The fourth-order valence-corrected chi connectivity index (χ4v) is 5.46. The van der Waals surface area contributed by atoms with E-state index in [1.54, 1.807) is 0 Å². The summed E-state index contributed by atoms with van der Waals surface area (Å²) in [5, 5.41) is 5.56. The van der Waals surface area contributed by atoms with Crippen molar-refractivity contribution < 1.29 is 24.0 Å². The van der Waals surface area contributed by atoms with Gasteiger partial charge in [-0.25, -0.2) is 0 Å². The van der Waals surface area contributed by atoms with Crippen molar-refractivity contribution in [2.45, 2.75) is 63.5 Å². The maximum absolute atomic E-state index is 13.9. The molecule has 3 atom stereocenters. The molecule has 4 N–H and O–H groups in total. The molecule has 10 nitrogen and oxygen atoms in total. The van der Waals surface area contributed by atoms with Gasteiger partial charge in [-0.15, -0.1) is 0 Å². The number of nitrogens with two attached hydrogens (primary N) is 1. The number of hydrogen-bond donors (Lipinski definition) is 3. The van der Waals surface area contributed by atoms with E-state index in [1.807, 2.05) is 32.0 Å². The molecular weight excluding hydrogens is 450 g/mol. The SMILES string of the molecule is CC(C)C[C@H]1C(=O)N2C[C@]3(C[C@H]2C(N)=O)C(=O)Nc2ccc(cc23)CCCCNC(=O)C(=O)N1C. The maximum atomic E-state index is 13.9. The highest BCUT2D eigenvalue weighted by Gasteiger charge is 2.58. The molecule has 0 unspecified atom stereocenters. The van der Waals surface area contributed by atoms with Crippen LogP contribution in [-0.2, 0) is 35.8 Å². The number of anilines is 1. The Kier molecular flexibility index (Phi) is 6.57. The predicted octanol–water partition coefficient (Wildman–Crippen LogP) is 0.288. The number of nitrogens with zero attached hydrogens (tertiary/aromatic N) is 2. The van der Waals surface area contributed by atoms with Gasteiger partial charge in [0.25, 0.3) is 0 Å². The lowest BCUT2D eigenvalue weighted by Crippen LogP contribution is -2.56. The van der Waals surface area contributed by atoms with Crippen molar-refractivity contribution in [3.8, 4) is 0 Å². The number of carbonyl (C=O) groups excluding carboxylic acids is 5. The average molecular weight is 484 g/mol. The number of nitrogens with one attached hydrogen (secondary N) is 2. The molecule has 0 radical (unpaired) electrons. The average Bonchev–Trinajstić information content (AvgIpc) is 3.34. The molecule has 35 heavy (non-hydrogen) atoms. The second-order valence-electron chi connectivity index (χ2n) is 10.3. The van der Waals surface area contributed by atoms with E-state index in [-0.39, 0.29) is 31.2 Å². The van der Waals surface area contributed by atoms with E-state index >= 15 is 0 Å². The zero-order valence-corrected chi connectivity index (χ0v) is 20.4. The summed E-state index contributed by atoms with van der Waals surface area (Å²) in [5.74, 6) is -3.03. The first-order valence-corrected chi connectivity index (χ1v) is 12.1. The molecule has 4 bridgehead atoms. The van der Waals surface area contributed by atoms with Crippen LogP contribution in [0.5, 0.6) is 0 Å². The molecule has 0 aliphatic carbocycles. The van der Waals surface area contributed by atoms with Crippen LogP contribution in [0.2, 0.25) is 0 Å². The topological polar surface area (TPSA) is 142 Å². The third-order valence-electron chi connectivity index (χ3n) is 7.39. The number of hydrogen-bond acceptors (Lipinski definition) is 5. The first-order chi connectivity index (χ1) is 16.5. The molecule has 1 fully saturated rings. The summed E-state index contributed by atoms with van der Waals surface area (Å²) >= 11 is 0. The Morgan fingerprint density at radius 3 is 2.63 bits per heavy atom. The number of primary amides is 1. The van der Waals surface area contributed by atoms with Gasteiger partial charge in [0.05, 0.1) is 5.41 Å². The fourth-order valence-electron chi connectivity index (χ4n) is 5.46. The number of likely N-dealkylation sites (N-methyl/N-ethyl adjacent to an activating group) is 1. The van der Waals surface area contributed by atoms with Crippen molar-refractivity contribution in [2.24, 2.45) is 11.7 Å². The van der Waals surface area contributed by atoms with Gasteiger partial charge in [-0.05, 0) is 55.2 Å². The smallest absolute Gasteiger partial charge is 0.312 e. The van der Waals surface area contributed by atoms with Gasteiger partial charge in [0.15, 0.2) is 0 Å². The van der Waals surface area contributed by atoms with Gasteiger partial charge in [-0.2, -0.15) is 0 Å². The molecule has 10 heteroatoms. The molecular formula is C25H33N5O5. The minimum atomic E-state index is -1.10. The Bertz CT molecular complexity index is 1090. The monoisotopic (exact) mass is 483 g/mol. The van der Waals surface area contributed by atoms with Crippen LogP contribution in [0.4, 0.5) is 5.69 Å². The van der Waals surface area contributed by atoms with E-state index in [2.05, 4.69) is 10.6 Å². The molecule has 0 saturated carbocycles. The number of rotatable bonds is 3. The first-order valence-electron chi connectivity index (χ1n) is 12.1. The summed E-state index contributed by atoms with van der Waals surface area (Å²) < 4.78 is 0. The molecule has 3 heterocycles. The molecule has 0 aromatic heterocycles. The summed E-state index contributed by atoms with van der Waals surface area (Å²) in [6.07, 6.45) is 2.54. The molecule has 5 amide bonds. The van der Waals surface area contributed by atoms with E-state index in [0.29, 0.717) is 18.7 Å². The molecule has 1 saturated heterocycles. The molecule has 3 aliphatic rings. The lowest BCUT2D eigenvalue weighted by atomic mass is 9.78. The van der Waals surface area contributed by atoms with Crippen molar-refractivity contribution in [2.75, 3.05) is 25.5 Å². The Morgan fingerprint density at radius 2 is 1.94 bits per heavy atom. The van der Waals surface area contributed by atoms with Crippen molar-refractivity contribution >= 4 is 35.2 Å². The number of amides is 5. The summed E-state index contributed by atoms with van der Waals surface area (Å²) in [7, 11) is 1.42. The Labute approximate surface area is 204 Å². The van der Waals surface area contributed by atoms with Gasteiger partial charge in [0.2, 0.25) is 17.7 Å². The van der Waals surface area contributed by atoms with Gasteiger partial charge >= 0.3 is 11.8 Å². The number of benzene rings is 1. The third-order valence-corrected chi connectivity index (χ3v) is 7.39. The number of carbonyl (C=O) groups is 5. The second kappa shape index (κ2) is 9.31. The van der Waals surface area contributed by atoms with Gasteiger partial charge in [0, 0.05) is 25.8 Å². The third kappa shape index (κ3) is 4.37. The zero-order valence-electron chi connectivity index (χ0n) is 20.4. The predicted molar refractivity (Wildman–Crippen MR) is 128 cm³/mol. The molecule has 188 valence electrons. The maximum Gasteiger partial charge on any atom is 0.312 e. The largest absolute Gasteiger partial charge is 0.368 e. The normalized spacial score (nSPS) is 27.3. The Balaban J connectivity index is 1.81. The van der Waals surface area contributed by atoms with Crippen molar-refractivity contribution in [3.63, 3.8) is 0 Å². The van der Waals surface area contributed by atoms with Crippen LogP contribution in [0.3, 0.4) is 0 Å². The fraction of sp³-hybridized carbons (Fsp3) is 0.560. The highest BCUT2D eigenvalue weighted by atomic mass is 16.2. The highest BCUT2D eigenvalue weighted by molar-refractivity contribution is 6.35. The van der Waals surface area contributed by atoms with Gasteiger partial charge < -0.3 is 26.2 Å². The zero-order chi connectivity index (χ0) is 25.5. The van der Waals surface area contributed by atoms with Crippen LogP contribution in [0.1, 0.15) is 50.7 Å². The summed E-state index contributed by atoms with van der Waals surface area (Å²) in [5.41, 5.74) is 7.10. The van der Waals surface area contributed by atoms with Crippen LogP contribution in [0.15, 0.2) is 18.2 Å². The molecule has 1 aromatic carbocycles. The number of aryl methyl sites for hydroxylation is 1. The summed E-state index contributed by atoms with van der Waals surface area (Å²) in [4.78, 5) is 67.6. The van der Waals surface area contributed by atoms with Crippen molar-refractivity contribution in [1.82, 2.24) is 15.1 Å². The van der Waals surface area contributed by atoms with Crippen LogP contribution in [-0.4, -0.2) is 71.6 Å². The van der Waals surface area contributed by atoms with Crippen LogP contribution in [0, 0.1) is 5.92 Å². The van der Waals surface area contributed by atoms with Crippen LogP contribution < -0.4 is 16.4 Å². The van der Waals surface area contributed by atoms with E-state index in [0.717, 1.165) is 28.9 Å². The van der Waals surface area contributed by atoms with E-state index in [4.69, 9.17) is 5.73 Å². The van der Waals surface area contributed by atoms with E-state index < -0.39 is 41.1 Å². The van der Waals surface area contributed by atoms with E-state index in [9.17, 15) is 24.0 Å². The lowest BCUT2D eigenvalue weighted by Gasteiger charge is -2.33. The summed E-state index contributed by atoms with van der Waals surface area (Å²) in [6, 6.07) is 3.80. The minimum absolute atomic E-state index is 0.0227. The second-order valence-corrected chi connectivity index (χ2v) is 10.3. The molecule has 3 aliphatic heterocycles. The van der Waals surface area contributed by atoms with Crippen LogP contribution >= 0.6 is 0 Å². The molecule has 1 aromatic rings. The standard InChI is InChI=1S/C25H33N5O5/c1-14(2)10-18-22(33)30-13-25(12-19(30)20(26)31)16-11-15(7-8-17(16)28-24(25)35)6-4-5-9-27-21(32)23(34)29(18)3/h7-8,11,14,18-19H,4-6,9-10,12-13H2,1-3H3,(H2,26,31)(H,27,32)(H,28,35)/t18-,19-,25-/m0/s1. The van der Waals surface area contributed by atoms with E-state index in [1.165, 1.54) is 11.9 Å². The minimum Gasteiger partial charge on any atom is -0.368 e. The summed E-state index contributed by atoms with van der Waals surface area (Å²) in [6.45, 7) is 4.13. The molecule has 4 rings (SSSR count). The van der Waals surface area contributed by atoms with Crippen LogP contribution in [0.25, 0.3) is 0 Å². The van der Waals surface area contributed by atoms with Crippen molar-refractivity contribution in [1.29, 1.82) is 0 Å². The highest BCUT2D eigenvalue weighted by Crippen LogP contribution is 2.47.